The van der Waals surface area contributed by atoms with E-state index in [2.05, 4.69) is 19.2 Å². The van der Waals surface area contributed by atoms with Crippen LogP contribution in [0.5, 0.6) is 0 Å². The fourth-order valence-corrected chi connectivity index (χ4v) is 2.80. The smallest absolute Gasteiger partial charge is 0.0834 e. The Morgan fingerprint density at radius 2 is 2.33 bits per heavy atom. The van der Waals surface area contributed by atoms with Crippen LogP contribution in [0.3, 0.4) is 0 Å². The average molecular weight is 213 g/mol. The Kier molecular flexibility index (Phi) is 3.33. The van der Waals surface area contributed by atoms with E-state index in [0.717, 1.165) is 26.1 Å². The summed E-state index contributed by atoms with van der Waals surface area (Å²) >= 11 is 0. The van der Waals surface area contributed by atoms with Gasteiger partial charge in [-0.1, -0.05) is 13.8 Å². The van der Waals surface area contributed by atoms with Crippen LogP contribution in [0.1, 0.15) is 33.1 Å². The van der Waals surface area contributed by atoms with Crippen molar-refractivity contribution in [2.45, 2.75) is 51.4 Å². The minimum Gasteiger partial charge on any atom is -0.379 e. The van der Waals surface area contributed by atoms with Crippen molar-refractivity contribution < 1.29 is 9.47 Å². The van der Waals surface area contributed by atoms with Crippen molar-refractivity contribution in [3.05, 3.63) is 0 Å². The second-order valence-electron chi connectivity index (χ2n) is 5.05. The van der Waals surface area contributed by atoms with Crippen LogP contribution in [-0.2, 0) is 9.47 Å². The van der Waals surface area contributed by atoms with E-state index in [9.17, 15) is 0 Å². The minimum absolute atomic E-state index is 0.317. The van der Waals surface area contributed by atoms with Gasteiger partial charge in [0.2, 0.25) is 0 Å². The van der Waals surface area contributed by atoms with Crippen molar-refractivity contribution in [3.63, 3.8) is 0 Å². The van der Waals surface area contributed by atoms with Crippen molar-refractivity contribution in [1.82, 2.24) is 5.32 Å². The zero-order chi connectivity index (χ0) is 10.9. The standard InChI is InChI=1S/C12H23NO2/c1-4-12(2)10(13-3)7-11(12)15-9-5-6-14-8-9/h9-11,13H,4-8H2,1-3H3. The molecule has 1 saturated carbocycles. The van der Waals surface area contributed by atoms with Crippen molar-refractivity contribution in [2.24, 2.45) is 5.41 Å². The van der Waals surface area contributed by atoms with Gasteiger partial charge in [0.1, 0.15) is 0 Å². The maximum atomic E-state index is 6.12. The number of hydrogen-bond acceptors (Lipinski definition) is 3. The molecule has 2 aliphatic rings. The highest BCUT2D eigenvalue weighted by molar-refractivity contribution is 5.04. The van der Waals surface area contributed by atoms with E-state index in [4.69, 9.17) is 9.47 Å². The van der Waals surface area contributed by atoms with Gasteiger partial charge in [-0.15, -0.1) is 0 Å². The third-order valence-corrected chi connectivity index (χ3v) is 4.34. The molecule has 0 spiro atoms. The quantitative estimate of drug-likeness (QED) is 0.769. The van der Waals surface area contributed by atoms with Crippen LogP contribution in [-0.4, -0.2) is 38.5 Å². The van der Waals surface area contributed by atoms with Gasteiger partial charge in [0, 0.05) is 18.1 Å². The Labute approximate surface area is 92.5 Å². The van der Waals surface area contributed by atoms with Crippen LogP contribution in [0.15, 0.2) is 0 Å². The first-order chi connectivity index (χ1) is 7.20. The van der Waals surface area contributed by atoms with Crippen molar-refractivity contribution in [1.29, 1.82) is 0 Å². The molecule has 4 unspecified atom stereocenters. The molecule has 0 aromatic rings. The van der Waals surface area contributed by atoms with Gasteiger partial charge in [0.05, 0.1) is 18.8 Å². The Morgan fingerprint density at radius 1 is 1.53 bits per heavy atom. The molecule has 0 aromatic heterocycles. The lowest BCUT2D eigenvalue weighted by molar-refractivity contribution is -0.154. The van der Waals surface area contributed by atoms with Crippen LogP contribution in [0.4, 0.5) is 0 Å². The normalized spacial score (nSPS) is 45.4. The first kappa shape index (κ1) is 11.4. The maximum absolute atomic E-state index is 6.12. The molecule has 1 N–H and O–H groups in total. The van der Waals surface area contributed by atoms with Crippen molar-refractivity contribution in [2.75, 3.05) is 20.3 Å². The topological polar surface area (TPSA) is 30.5 Å². The summed E-state index contributed by atoms with van der Waals surface area (Å²) in [6, 6.07) is 0.620. The van der Waals surface area contributed by atoms with Gasteiger partial charge < -0.3 is 14.8 Å². The zero-order valence-electron chi connectivity index (χ0n) is 10.1. The Morgan fingerprint density at radius 3 is 2.87 bits per heavy atom. The fraction of sp³-hybridized carbons (Fsp3) is 1.00. The number of nitrogens with one attached hydrogen (secondary N) is 1. The third-order valence-electron chi connectivity index (χ3n) is 4.34. The molecule has 3 heteroatoms. The van der Waals surface area contributed by atoms with Gasteiger partial charge in [-0.05, 0) is 26.3 Å². The predicted molar refractivity (Wildman–Crippen MR) is 60.0 cm³/mol. The molecule has 1 heterocycles. The van der Waals surface area contributed by atoms with Crippen molar-refractivity contribution in [3.8, 4) is 0 Å². The summed E-state index contributed by atoms with van der Waals surface area (Å²) < 4.78 is 11.5. The van der Waals surface area contributed by atoms with Gasteiger partial charge in [0.25, 0.3) is 0 Å². The fourth-order valence-electron chi connectivity index (χ4n) is 2.80. The molecule has 0 amide bonds. The highest BCUT2D eigenvalue weighted by atomic mass is 16.6. The highest BCUT2D eigenvalue weighted by Gasteiger charge is 2.51. The molecule has 15 heavy (non-hydrogen) atoms. The molecule has 3 nitrogen and oxygen atoms in total. The molecule has 88 valence electrons. The van der Waals surface area contributed by atoms with Crippen LogP contribution in [0.25, 0.3) is 0 Å². The van der Waals surface area contributed by atoms with Crippen LogP contribution >= 0.6 is 0 Å². The molecule has 1 saturated heterocycles. The monoisotopic (exact) mass is 213 g/mol. The predicted octanol–water partition coefficient (Wildman–Crippen LogP) is 1.57. The lowest BCUT2D eigenvalue weighted by Gasteiger charge is -2.54. The number of ether oxygens (including phenoxy) is 2. The third kappa shape index (κ3) is 1.93. The molecule has 4 atom stereocenters. The molecule has 2 fully saturated rings. The Hall–Kier alpha value is -0.120. The first-order valence-electron chi connectivity index (χ1n) is 6.11. The van der Waals surface area contributed by atoms with Gasteiger partial charge in [-0.3, -0.25) is 0 Å². The lowest BCUT2D eigenvalue weighted by Crippen LogP contribution is -2.62. The van der Waals surface area contributed by atoms with Gasteiger partial charge >= 0.3 is 0 Å². The summed E-state index contributed by atoms with van der Waals surface area (Å²) in [6.45, 7) is 6.25. The van der Waals surface area contributed by atoms with E-state index >= 15 is 0 Å². The van der Waals surface area contributed by atoms with E-state index in [0.29, 0.717) is 23.7 Å². The second kappa shape index (κ2) is 4.40. The molecule has 0 radical (unpaired) electrons. The SMILES string of the molecule is CCC1(C)C(NC)CC1OC1CCOC1. The number of hydrogen-bond donors (Lipinski definition) is 1. The summed E-state index contributed by atoms with van der Waals surface area (Å²) in [6.07, 6.45) is 4.17. The molecule has 0 bridgehead atoms. The molecule has 0 aromatic carbocycles. The molecular weight excluding hydrogens is 190 g/mol. The van der Waals surface area contributed by atoms with Gasteiger partial charge in [0.15, 0.2) is 0 Å². The Balaban J connectivity index is 1.88. The first-order valence-corrected chi connectivity index (χ1v) is 6.11. The molecule has 2 rings (SSSR count). The summed E-state index contributed by atoms with van der Waals surface area (Å²) in [5.74, 6) is 0. The average Bonchev–Trinajstić information content (AvgIpc) is 2.75. The van der Waals surface area contributed by atoms with Gasteiger partial charge in [-0.2, -0.15) is 0 Å². The van der Waals surface area contributed by atoms with E-state index < -0.39 is 0 Å². The summed E-state index contributed by atoms with van der Waals surface area (Å²) in [5, 5.41) is 3.39. The largest absolute Gasteiger partial charge is 0.379 e. The van der Waals surface area contributed by atoms with E-state index in [-0.39, 0.29) is 0 Å². The van der Waals surface area contributed by atoms with E-state index in [1.54, 1.807) is 0 Å². The van der Waals surface area contributed by atoms with Gasteiger partial charge in [-0.25, -0.2) is 0 Å². The number of rotatable bonds is 4. The summed E-state index contributed by atoms with van der Waals surface area (Å²) in [7, 11) is 2.05. The zero-order valence-corrected chi connectivity index (χ0v) is 10.1. The van der Waals surface area contributed by atoms with Crippen LogP contribution < -0.4 is 5.32 Å². The van der Waals surface area contributed by atoms with Crippen LogP contribution in [0, 0.1) is 5.41 Å². The highest BCUT2D eigenvalue weighted by Crippen LogP contribution is 2.46. The van der Waals surface area contributed by atoms with E-state index in [1.165, 1.54) is 6.42 Å². The molecule has 1 aliphatic carbocycles. The molecule has 1 aliphatic heterocycles. The summed E-state index contributed by atoms with van der Waals surface area (Å²) in [5.41, 5.74) is 0.317. The Bertz CT molecular complexity index is 216. The maximum Gasteiger partial charge on any atom is 0.0834 e. The summed E-state index contributed by atoms with van der Waals surface area (Å²) in [4.78, 5) is 0. The van der Waals surface area contributed by atoms with E-state index in [1.807, 2.05) is 7.05 Å². The minimum atomic E-state index is 0.317. The van der Waals surface area contributed by atoms with Crippen molar-refractivity contribution >= 4 is 0 Å². The second-order valence-corrected chi connectivity index (χ2v) is 5.05. The molecular formula is C12H23NO2. The lowest BCUT2D eigenvalue weighted by atomic mass is 9.61. The van der Waals surface area contributed by atoms with Crippen LogP contribution in [0.2, 0.25) is 0 Å².